The maximum Gasteiger partial charge on any atom is 0.263 e. The van der Waals surface area contributed by atoms with Crippen LogP contribution in [0.2, 0.25) is 0 Å². The molecular formula is C7H6Cl3NO2S. The molecule has 0 saturated carbocycles. The molecule has 0 unspecified atom stereocenters. The Morgan fingerprint density at radius 3 is 2.64 bits per heavy atom. The summed E-state index contributed by atoms with van der Waals surface area (Å²) < 4.78 is -1.92. The van der Waals surface area contributed by atoms with Crippen LogP contribution in [0.3, 0.4) is 0 Å². The molecule has 1 aromatic rings. The van der Waals surface area contributed by atoms with Crippen LogP contribution in [0.1, 0.15) is 9.67 Å². The molecule has 0 fully saturated rings. The molecular weight excluding hydrogens is 269 g/mol. The second kappa shape index (κ2) is 4.68. The number of carbonyl (C=O) groups excluding carboxylic acids is 1. The maximum atomic E-state index is 11.3. The predicted octanol–water partition coefficient (Wildman–Crippen LogP) is 2.17. The minimum Gasteiger partial charge on any atom is -0.369 e. The van der Waals surface area contributed by atoms with Crippen LogP contribution in [0.15, 0.2) is 17.5 Å². The highest BCUT2D eigenvalue weighted by Gasteiger charge is 2.32. The molecule has 0 radical (unpaired) electrons. The Balaban J connectivity index is 2.58. The molecule has 3 nitrogen and oxygen atoms in total. The van der Waals surface area contributed by atoms with Gasteiger partial charge in [-0.05, 0) is 11.4 Å². The van der Waals surface area contributed by atoms with Crippen molar-refractivity contribution in [2.75, 3.05) is 0 Å². The third kappa shape index (κ3) is 3.29. The fourth-order valence-corrected chi connectivity index (χ4v) is 1.48. The third-order valence-corrected chi connectivity index (χ3v) is 2.81. The quantitative estimate of drug-likeness (QED) is 0.641. The molecule has 0 spiro atoms. The fraction of sp³-hybridized carbons (Fsp3) is 0.286. The predicted molar refractivity (Wildman–Crippen MR) is 58.1 cm³/mol. The van der Waals surface area contributed by atoms with Gasteiger partial charge in [0.15, 0.2) is 6.23 Å². The Hall–Kier alpha value is -0.000000000000000139. The van der Waals surface area contributed by atoms with Crippen molar-refractivity contribution >= 4 is 52.0 Å². The van der Waals surface area contributed by atoms with Gasteiger partial charge in [-0.1, -0.05) is 40.9 Å². The summed E-state index contributed by atoms with van der Waals surface area (Å²) in [6.07, 6.45) is -1.53. The lowest BCUT2D eigenvalue weighted by Crippen LogP contribution is -2.43. The largest absolute Gasteiger partial charge is 0.369 e. The molecule has 78 valence electrons. The van der Waals surface area contributed by atoms with Gasteiger partial charge >= 0.3 is 0 Å². The van der Waals surface area contributed by atoms with Gasteiger partial charge in [-0.2, -0.15) is 0 Å². The Morgan fingerprint density at radius 1 is 1.57 bits per heavy atom. The summed E-state index contributed by atoms with van der Waals surface area (Å²) in [5, 5.41) is 13.1. The van der Waals surface area contributed by atoms with Crippen molar-refractivity contribution in [2.45, 2.75) is 10.0 Å². The van der Waals surface area contributed by atoms with Gasteiger partial charge < -0.3 is 10.4 Å². The number of carbonyl (C=O) groups is 1. The molecule has 1 atom stereocenters. The molecule has 1 amide bonds. The van der Waals surface area contributed by atoms with Gasteiger partial charge in [0.2, 0.25) is 3.79 Å². The van der Waals surface area contributed by atoms with Crippen molar-refractivity contribution in [3.8, 4) is 0 Å². The van der Waals surface area contributed by atoms with Crippen LogP contribution < -0.4 is 5.32 Å². The molecule has 1 rings (SSSR count). The summed E-state index contributed by atoms with van der Waals surface area (Å²) in [6, 6.07) is 3.31. The lowest BCUT2D eigenvalue weighted by molar-refractivity contribution is 0.0796. The average Bonchev–Trinajstić information content (AvgIpc) is 2.53. The number of rotatable bonds is 2. The van der Waals surface area contributed by atoms with Crippen molar-refractivity contribution in [2.24, 2.45) is 0 Å². The highest BCUT2D eigenvalue weighted by molar-refractivity contribution is 7.12. The smallest absolute Gasteiger partial charge is 0.263 e. The van der Waals surface area contributed by atoms with E-state index in [0.717, 1.165) is 0 Å². The monoisotopic (exact) mass is 273 g/mol. The van der Waals surface area contributed by atoms with Gasteiger partial charge in [-0.25, -0.2) is 0 Å². The van der Waals surface area contributed by atoms with Crippen LogP contribution in [0, 0.1) is 0 Å². The van der Waals surface area contributed by atoms with Gasteiger partial charge in [-0.15, -0.1) is 11.3 Å². The van der Waals surface area contributed by atoms with Crippen molar-refractivity contribution in [1.29, 1.82) is 0 Å². The standard InChI is InChI=1S/C7H6Cl3NO2S/c8-7(9,10)6(13)11-5(12)4-2-1-3-14-4/h1-3,6,13H,(H,11,12)/t6-/m1/s1. The van der Waals surface area contributed by atoms with Gasteiger partial charge in [-0.3, -0.25) is 4.79 Å². The van der Waals surface area contributed by atoms with E-state index in [0.29, 0.717) is 4.88 Å². The van der Waals surface area contributed by atoms with Crippen molar-refractivity contribution in [3.05, 3.63) is 22.4 Å². The van der Waals surface area contributed by atoms with Crippen molar-refractivity contribution < 1.29 is 9.90 Å². The van der Waals surface area contributed by atoms with Crippen molar-refractivity contribution in [1.82, 2.24) is 5.32 Å². The van der Waals surface area contributed by atoms with Gasteiger partial charge in [0, 0.05) is 0 Å². The van der Waals surface area contributed by atoms with Crippen LogP contribution in [0.25, 0.3) is 0 Å². The molecule has 0 bridgehead atoms. The minimum absolute atomic E-state index is 0.443. The van der Waals surface area contributed by atoms with Gasteiger partial charge in [0.25, 0.3) is 5.91 Å². The normalized spacial score (nSPS) is 13.7. The Bertz CT molecular complexity index is 309. The second-order valence-corrected chi connectivity index (χ2v) is 5.71. The number of hydrogen-bond donors (Lipinski definition) is 2. The second-order valence-electron chi connectivity index (χ2n) is 2.39. The lowest BCUT2D eigenvalue weighted by atomic mass is 10.4. The lowest BCUT2D eigenvalue weighted by Gasteiger charge is -2.19. The van der Waals surface area contributed by atoms with Crippen LogP contribution in [0.4, 0.5) is 0 Å². The number of aliphatic hydroxyl groups excluding tert-OH is 1. The first-order valence-electron chi connectivity index (χ1n) is 3.50. The van der Waals surface area contributed by atoms with E-state index in [1.807, 2.05) is 0 Å². The van der Waals surface area contributed by atoms with Crippen LogP contribution in [-0.4, -0.2) is 21.0 Å². The zero-order valence-electron chi connectivity index (χ0n) is 6.71. The fourth-order valence-electron chi connectivity index (χ4n) is 0.685. The summed E-state index contributed by atoms with van der Waals surface area (Å²) in [4.78, 5) is 11.8. The van der Waals surface area contributed by atoms with E-state index in [1.54, 1.807) is 17.5 Å². The van der Waals surface area contributed by atoms with E-state index in [4.69, 9.17) is 34.8 Å². The summed E-state index contributed by atoms with van der Waals surface area (Å²) >= 11 is 17.3. The Labute approximate surface area is 99.6 Å². The summed E-state index contributed by atoms with van der Waals surface area (Å²) in [7, 11) is 0. The van der Waals surface area contributed by atoms with E-state index in [9.17, 15) is 9.90 Å². The SMILES string of the molecule is O=C(N[C@H](O)C(Cl)(Cl)Cl)c1cccs1. The number of hydrogen-bond acceptors (Lipinski definition) is 3. The first-order chi connectivity index (χ1) is 6.41. The third-order valence-electron chi connectivity index (χ3n) is 1.32. The molecule has 0 aromatic carbocycles. The summed E-state index contributed by atoms with van der Waals surface area (Å²) in [5.41, 5.74) is 0. The molecule has 0 saturated heterocycles. The van der Waals surface area contributed by atoms with E-state index in [2.05, 4.69) is 5.32 Å². The highest BCUT2D eigenvalue weighted by atomic mass is 35.6. The van der Waals surface area contributed by atoms with E-state index in [1.165, 1.54) is 11.3 Å². The minimum atomic E-state index is -1.92. The Kier molecular flexibility index (Phi) is 4.04. The molecule has 0 aliphatic carbocycles. The number of thiophene rings is 1. The van der Waals surface area contributed by atoms with E-state index >= 15 is 0 Å². The van der Waals surface area contributed by atoms with Crippen LogP contribution in [0.5, 0.6) is 0 Å². The number of halogens is 3. The number of aliphatic hydroxyl groups is 1. The topological polar surface area (TPSA) is 49.3 Å². The summed E-state index contributed by atoms with van der Waals surface area (Å²) in [6.45, 7) is 0. The number of alkyl halides is 3. The average molecular weight is 275 g/mol. The highest BCUT2D eigenvalue weighted by Crippen LogP contribution is 2.29. The van der Waals surface area contributed by atoms with Crippen LogP contribution in [-0.2, 0) is 0 Å². The van der Waals surface area contributed by atoms with Crippen molar-refractivity contribution in [3.63, 3.8) is 0 Å². The molecule has 2 N–H and O–H groups in total. The zero-order valence-corrected chi connectivity index (χ0v) is 9.79. The molecule has 0 aliphatic rings. The summed E-state index contributed by atoms with van der Waals surface area (Å²) in [5.74, 6) is -0.473. The van der Waals surface area contributed by atoms with E-state index < -0.39 is 15.9 Å². The molecule has 14 heavy (non-hydrogen) atoms. The molecule has 7 heteroatoms. The first-order valence-corrected chi connectivity index (χ1v) is 5.52. The van der Waals surface area contributed by atoms with Gasteiger partial charge in [0.05, 0.1) is 4.88 Å². The zero-order chi connectivity index (χ0) is 10.8. The van der Waals surface area contributed by atoms with Crippen LogP contribution >= 0.6 is 46.1 Å². The first kappa shape index (κ1) is 12.1. The van der Waals surface area contributed by atoms with Gasteiger partial charge in [0.1, 0.15) is 0 Å². The number of amides is 1. The van der Waals surface area contributed by atoms with E-state index in [-0.39, 0.29) is 0 Å². The Morgan fingerprint density at radius 2 is 2.21 bits per heavy atom. The maximum absolute atomic E-state index is 11.3. The number of nitrogens with one attached hydrogen (secondary N) is 1. The molecule has 1 heterocycles. The molecule has 0 aliphatic heterocycles. The molecule has 1 aromatic heterocycles.